The number of rotatable bonds is 4. The maximum absolute atomic E-state index is 13.0. The standard InChI is InChI=1S/C21H28N2O2/c24-20(22-21-6-14-3-15(7-21)5-16(4-14)8-21)19-17-10-23(11-18(17)19)9-13-1-2-25-12-13/h1-2,12,14-19H,3-11H2,(H,22,24)/t14?,15?,16?,17-,18+,19?,21?. The van der Waals surface area contributed by atoms with E-state index in [0.717, 1.165) is 37.4 Å². The zero-order valence-corrected chi connectivity index (χ0v) is 14.8. The van der Waals surface area contributed by atoms with E-state index in [4.69, 9.17) is 4.42 Å². The van der Waals surface area contributed by atoms with Crippen LogP contribution in [0.3, 0.4) is 0 Å². The van der Waals surface area contributed by atoms with Gasteiger partial charge >= 0.3 is 0 Å². The molecule has 25 heavy (non-hydrogen) atoms. The average molecular weight is 340 g/mol. The van der Waals surface area contributed by atoms with E-state index in [1.807, 2.05) is 12.3 Å². The Morgan fingerprint density at radius 3 is 2.32 bits per heavy atom. The van der Waals surface area contributed by atoms with Gasteiger partial charge in [-0.1, -0.05) is 0 Å². The van der Waals surface area contributed by atoms with E-state index in [1.165, 1.54) is 44.1 Å². The van der Waals surface area contributed by atoms with Gasteiger partial charge in [0.25, 0.3) is 0 Å². The zero-order valence-electron chi connectivity index (χ0n) is 14.8. The summed E-state index contributed by atoms with van der Waals surface area (Å²) in [5.74, 6) is 4.58. The molecule has 4 nitrogen and oxygen atoms in total. The Bertz CT molecular complexity index is 635. The molecule has 6 aliphatic rings. The molecule has 1 unspecified atom stereocenters. The Morgan fingerprint density at radius 1 is 1.12 bits per heavy atom. The summed E-state index contributed by atoms with van der Waals surface area (Å²) in [6.45, 7) is 3.12. The normalized spacial score (nSPS) is 47.0. The lowest BCUT2D eigenvalue weighted by atomic mass is 9.53. The predicted octanol–water partition coefficient (Wildman–Crippen LogP) is 3.04. The second-order valence-corrected chi connectivity index (χ2v) is 9.87. The number of nitrogens with one attached hydrogen (secondary N) is 1. The second-order valence-electron chi connectivity index (χ2n) is 9.87. The van der Waals surface area contributed by atoms with Crippen molar-refractivity contribution in [2.24, 2.45) is 35.5 Å². The molecule has 6 fully saturated rings. The van der Waals surface area contributed by atoms with Crippen molar-refractivity contribution in [1.82, 2.24) is 10.2 Å². The summed E-state index contributed by atoms with van der Waals surface area (Å²) in [6.07, 6.45) is 11.7. The molecule has 5 saturated carbocycles. The van der Waals surface area contributed by atoms with Gasteiger partial charge in [0.15, 0.2) is 0 Å². The molecule has 134 valence electrons. The monoisotopic (exact) mass is 340 g/mol. The molecule has 1 N–H and O–H groups in total. The molecule has 1 aromatic heterocycles. The number of carbonyl (C=O) groups excluding carboxylic acids is 1. The number of furan rings is 1. The number of likely N-dealkylation sites (tertiary alicyclic amines) is 1. The largest absolute Gasteiger partial charge is 0.472 e. The summed E-state index contributed by atoms with van der Waals surface area (Å²) in [7, 11) is 0. The Kier molecular flexibility index (Phi) is 3.04. The Hall–Kier alpha value is -1.29. The maximum Gasteiger partial charge on any atom is 0.224 e. The molecule has 0 spiro atoms. The number of carbonyl (C=O) groups is 1. The molecule has 3 atom stereocenters. The average Bonchev–Trinajstić information content (AvgIpc) is 2.90. The van der Waals surface area contributed by atoms with Gasteiger partial charge in [0.1, 0.15) is 0 Å². The molecule has 0 aromatic carbocycles. The van der Waals surface area contributed by atoms with Crippen molar-refractivity contribution in [2.45, 2.75) is 50.6 Å². The summed E-state index contributed by atoms with van der Waals surface area (Å²) < 4.78 is 5.17. The third-order valence-electron chi connectivity index (χ3n) is 7.99. The van der Waals surface area contributed by atoms with Crippen molar-refractivity contribution in [3.63, 3.8) is 0 Å². The third kappa shape index (κ3) is 2.40. The van der Waals surface area contributed by atoms with E-state index in [1.54, 1.807) is 6.26 Å². The van der Waals surface area contributed by atoms with Crippen molar-refractivity contribution in [1.29, 1.82) is 0 Å². The Labute approximate surface area is 149 Å². The van der Waals surface area contributed by atoms with Gasteiger partial charge in [-0.05, 0) is 74.2 Å². The second kappa shape index (κ2) is 5.12. The number of fused-ring (bicyclic) bond motifs is 1. The van der Waals surface area contributed by atoms with Crippen LogP contribution in [0, 0.1) is 35.5 Å². The van der Waals surface area contributed by atoms with Gasteiger partial charge in [-0.2, -0.15) is 0 Å². The SMILES string of the molecule is O=C(NC12CC3CC(CC(C3)C1)C2)C1[C@H]2CN(Cc3ccoc3)C[C@@H]12. The zero-order chi connectivity index (χ0) is 16.6. The highest BCUT2D eigenvalue weighted by Gasteiger charge is 2.61. The minimum atomic E-state index is 0.180. The highest BCUT2D eigenvalue weighted by atomic mass is 16.3. The van der Waals surface area contributed by atoms with Gasteiger partial charge in [-0.15, -0.1) is 0 Å². The van der Waals surface area contributed by atoms with Crippen molar-refractivity contribution < 1.29 is 9.21 Å². The molecule has 5 aliphatic carbocycles. The Balaban J connectivity index is 1.07. The summed E-state index contributed by atoms with van der Waals surface area (Å²) in [6, 6.07) is 2.04. The fourth-order valence-corrected chi connectivity index (χ4v) is 7.38. The first-order chi connectivity index (χ1) is 12.2. The van der Waals surface area contributed by atoms with Crippen molar-refractivity contribution in [3.05, 3.63) is 24.2 Å². The number of hydrogen-bond acceptors (Lipinski definition) is 3. The van der Waals surface area contributed by atoms with Gasteiger partial charge in [0, 0.05) is 36.7 Å². The Morgan fingerprint density at radius 2 is 1.76 bits per heavy atom. The van der Waals surface area contributed by atoms with Crippen LogP contribution in [0.4, 0.5) is 0 Å². The number of amides is 1. The van der Waals surface area contributed by atoms with Crippen LogP contribution < -0.4 is 5.32 Å². The van der Waals surface area contributed by atoms with Gasteiger partial charge in [0.05, 0.1) is 12.5 Å². The number of nitrogens with zero attached hydrogens (tertiary/aromatic N) is 1. The van der Waals surface area contributed by atoms with E-state index in [9.17, 15) is 4.79 Å². The smallest absolute Gasteiger partial charge is 0.224 e. The van der Waals surface area contributed by atoms with Crippen LogP contribution in [0.5, 0.6) is 0 Å². The number of hydrogen-bond donors (Lipinski definition) is 1. The van der Waals surface area contributed by atoms with Crippen LogP contribution in [0.15, 0.2) is 23.0 Å². The molecular formula is C21H28N2O2. The van der Waals surface area contributed by atoms with E-state index >= 15 is 0 Å². The predicted molar refractivity (Wildman–Crippen MR) is 93.5 cm³/mol. The van der Waals surface area contributed by atoms with E-state index in [-0.39, 0.29) is 5.54 Å². The van der Waals surface area contributed by atoms with E-state index < -0.39 is 0 Å². The lowest BCUT2D eigenvalue weighted by molar-refractivity contribution is -0.129. The maximum atomic E-state index is 13.0. The molecule has 1 aliphatic heterocycles. The topological polar surface area (TPSA) is 45.5 Å². The fraction of sp³-hybridized carbons (Fsp3) is 0.762. The fourth-order valence-electron chi connectivity index (χ4n) is 7.38. The van der Waals surface area contributed by atoms with E-state index in [2.05, 4.69) is 10.2 Å². The van der Waals surface area contributed by atoms with Crippen LogP contribution >= 0.6 is 0 Å². The molecule has 2 heterocycles. The first kappa shape index (κ1) is 14.8. The first-order valence-corrected chi connectivity index (χ1v) is 10.2. The quantitative estimate of drug-likeness (QED) is 0.916. The summed E-state index contributed by atoms with van der Waals surface area (Å²) in [5, 5.41) is 3.60. The van der Waals surface area contributed by atoms with Gasteiger partial charge in [0.2, 0.25) is 5.91 Å². The minimum absolute atomic E-state index is 0.180. The molecule has 4 heteroatoms. The summed E-state index contributed by atoms with van der Waals surface area (Å²) >= 11 is 0. The van der Waals surface area contributed by atoms with Crippen molar-refractivity contribution in [2.75, 3.05) is 13.1 Å². The highest BCUT2D eigenvalue weighted by Crippen LogP contribution is 2.57. The van der Waals surface area contributed by atoms with Crippen LogP contribution in [0.25, 0.3) is 0 Å². The molecule has 7 rings (SSSR count). The molecular weight excluding hydrogens is 312 g/mol. The lowest BCUT2D eigenvalue weighted by Gasteiger charge is -2.57. The molecule has 1 amide bonds. The van der Waals surface area contributed by atoms with E-state index in [0.29, 0.717) is 23.7 Å². The third-order valence-corrected chi connectivity index (χ3v) is 7.99. The van der Waals surface area contributed by atoms with Crippen LogP contribution in [0.1, 0.15) is 44.1 Å². The molecule has 4 bridgehead atoms. The van der Waals surface area contributed by atoms with Crippen LogP contribution in [-0.4, -0.2) is 29.4 Å². The first-order valence-electron chi connectivity index (χ1n) is 10.2. The minimum Gasteiger partial charge on any atom is -0.472 e. The highest BCUT2D eigenvalue weighted by molar-refractivity contribution is 5.83. The van der Waals surface area contributed by atoms with Crippen molar-refractivity contribution in [3.8, 4) is 0 Å². The molecule has 1 saturated heterocycles. The van der Waals surface area contributed by atoms with Crippen LogP contribution in [-0.2, 0) is 11.3 Å². The summed E-state index contributed by atoms with van der Waals surface area (Å²) in [5.41, 5.74) is 1.43. The summed E-state index contributed by atoms with van der Waals surface area (Å²) in [4.78, 5) is 15.5. The van der Waals surface area contributed by atoms with Gasteiger partial charge in [-0.3, -0.25) is 9.69 Å². The van der Waals surface area contributed by atoms with Crippen LogP contribution in [0.2, 0.25) is 0 Å². The lowest BCUT2D eigenvalue weighted by Crippen LogP contribution is -2.60. The van der Waals surface area contributed by atoms with Gasteiger partial charge < -0.3 is 9.73 Å². The van der Waals surface area contributed by atoms with Crippen molar-refractivity contribution >= 4 is 5.91 Å². The number of piperidine rings is 1. The van der Waals surface area contributed by atoms with Gasteiger partial charge in [-0.25, -0.2) is 0 Å². The molecule has 1 aromatic rings. The molecule has 0 radical (unpaired) electrons.